The van der Waals surface area contributed by atoms with Crippen molar-refractivity contribution in [2.75, 3.05) is 25.1 Å². The summed E-state index contributed by atoms with van der Waals surface area (Å²) in [6, 6.07) is 10.2. The quantitative estimate of drug-likeness (QED) is 0.849. The van der Waals surface area contributed by atoms with Crippen LogP contribution in [0.2, 0.25) is 0 Å². The van der Waals surface area contributed by atoms with Crippen molar-refractivity contribution in [1.29, 1.82) is 0 Å². The van der Waals surface area contributed by atoms with Crippen LogP contribution in [-0.4, -0.2) is 36.9 Å². The molecule has 1 aromatic heterocycles. The molecule has 4 nitrogen and oxygen atoms in total. The maximum Gasteiger partial charge on any atom is 0.129 e. The minimum absolute atomic E-state index is 0.145. The first-order valence-electron chi connectivity index (χ1n) is 7.34. The van der Waals surface area contributed by atoms with Crippen molar-refractivity contribution in [2.24, 2.45) is 0 Å². The summed E-state index contributed by atoms with van der Waals surface area (Å²) in [5.74, 6) is 1.87. The van der Waals surface area contributed by atoms with E-state index in [9.17, 15) is 0 Å². The highest BCUT2D eigenvalue weighted by molar-refractivity contribution is 5.81. The number of pyridine rings is 1. The SMILES string of the molecule is COc1ccc2nc(N3CC(C)OC(C)(C)C3)ccc2c1. The van der Waals surface area contributed by atoms with E-state index in [0.29, 0.717) is 0 Å². The molecule has 0 spiro atoms. The summed E-state index contributed by atoms with van der Waals surface area (Å²) < 4.78 is 11.2. The van der Waals surface area contributed by atoms with E-state index in [2.05, 4.69) is 37.8 Å². The van der Waals surface area contributed by atoms with Crippen LogP contribution in [0.4, 0.5) is 5.82 Å². The first-order valence-corrected chi connectivity index (χ1v) is 7.34. The predicted molar refractivity (Wildman–Crippen MR) is 85.1 cm³/mol. The molecule has 112 valence electrons. The van der Waals surface area contributed by atoms with Gasteiger partial charge in [0.05, 0.1) is 24.3 Å². The molecule has 1 saturated heterocycles. The van der Waals surface area contributed by atoms with Crippen molar-refractivity contribution in [3.8, 4) is 5.75 Å². The lowest BCUT2D eigenvalue weighted by molar-refractivity contribution is -0.0751. The Balaban J connectivity index is 1.93. The summed E-state index contributed by atoms with van der Waals surface area (Å²) in [5.41, 5.74) is 0.846. The molecule has 21 heavy (non-hydrogen) atoms. The molecule has 1 fully saturated rings. The molecule has 1 unspecified atom stereocenters. The number of hydrogen-bond donors (Lipinski definition) is 0. The van der Waals surface area contributed by atoms with Gasteiger partial charge in [-0.3, -0.25) is 0 Å². The van der Waals surface area contributed by atoms with Crippen LogP contribution in [0.15, 0.2) is 30.3 Å². The van der Waals surface area contributed by atoms with Gasteiger partial charge in [-0.05, 0) is 51.1 Å². The monoisotopic (exact) mass is 286 g/mol. The smallest absolute Gasteiger partial charge is 0.129 e. The number of hydrogen-bond acceptors (Lipinski definition) is 4. The predicted octanol–water partition coefficient (Wildman–Crippen LogP) is 3.25. The summed E-state index contributed by atoms with van der Waals surface area (Å²) in [6.45, 7) is 8.09. The van der Waals surface area contributed by atoms with Crippen LogP contribution in [0.3, 0.4) is 0 Å². The van der Waals surface area contributed by atoms with E-state index in [-0.39, 0.29) is 11.7 Å². The van der Waals surface area contributed by atoms with Crippen molar-refractivity contribution in [3.63, 3.8) is 0 Å². The van der Waals surface area contributed by atoms with E-state index in [0.717, 1.165) is 35.6 Å². The second-order valence-electron chi connectivity index (χ2n) is 6.30. The first-order chi connectivity index (χ1) is 9.97. The Kier molecular flexibility index (Phi) is 3.49. The van der Waals surface area contributed by atoms with Gasteiger partial charge in [0.15, 0.2) is 0 Å². The highest BCUT2D eigenvalue weighted by Gasteiger charge is 2.31. The van der Waals surface area contributed by atoms with Gasteiger partial charge in [0.25, 0.3) is 0 Å². The van der Waals surface area contributed by atoms with Crippen LogP contribution in [0.5, 0.6) is 5.75 Å². The Bertz CT molecular complexity index is 654. The highest BCUT2D eigenvalue weighted by Crippen LogP contribution is 2.27. The molecular weight excluding hydrogens is 264 g/mol. The minimum Gasteiger partial charge on any atom is -0.497 e. The topological polar surface area (TPSA) is 34.6 Å². The zero-order valence-corrected chi connectivity index (χ0v) is 13.1. The van der Waals surface area contributed by atoms with E-state index in [1.165, 1.54) is 0 Å². The third-order valence-corrected chi connectivity index (χ3v) is 3.78. The lowest BCUT2D eigenvalue weighted by Crippen LogP contribution is -2.52. The Hall–Kier alpha value is -1.81. The molecule has 1 aliphatic heterocycles. The van der Waals surface area contributed by atoms with Gasteiger partial charge in [0.1, 0.15) is 11.6 Å². The lowest BCUT2D eigenvalue weighted by atomic mass is 10.1. The molecule has 0 aliphatic carbocycles. The molecule has 4 heteroatoms. The van der Waals surface area contributed by atoms with Gasteiger partial charge in [-0.25, -0.2) is 4.98 Å². The first kappa shape index (κ1) is 14.1. The van der Waals surface area contributed by atoms with Crippen molar-refractivity contribution < 1.29 is 9.47 Å². The summed E-state index contributed by atoms with van der Waals surface area (Å²) in [5, 5.41) is 1.10. The van der Waals surface area contributed by atoms with E-state index in [4.69, 9.17) is 14.5 Å². The maximum absolute atomic E-state index is 5.96. The molecule has 2 heterocycles. The van der Waals surface area contributed by atoms with Crippen LogP contribution in [0.25, 0.3) is 10.9 Å². The molecule has 1 aliphatic rings. The molecule has 0 saturated carbocycles. The second kappa shape index (κ2) is 5.19. The lowest BCUT2D eigenvalue weighted by Gasteiger charge is -2.42. The zero-order chi connectivity index (χ0) is 15.0. The van der Waals surface area contributed by atoms with Crippen LogP contribution in [0.1, 0.15) is 20.8 Å². The standard InChI is InChI=1S/C17H22N2O2/c1-12-10-19(11-17(2,3)21-12)16-8-5-13-9-14(20-4)6-7-15(13)18-16/h5-9,12H,10-11H2,1-4H3. The van der Waals surface area contributed by atoms with E-state index >= 15 is 0 Å². The highest BCUT2D eigenvalue weighted by atomic mass is 16.5. The Morgan fingerprint density at radius 1 is 1.29 bits per heavy atom. The zero-order valence-electron chi connectivity index (χ0n) is 13.1. The van der Waals surface area contributed by atoms with Crippen molar-refractivity contribution in [3.05, 3.63) is 30.3 Å². The van der Waals surface area contributed by atoms with E-state index < -0.39 is 0 Å². The summed E-state index contributed by atoms with van der Waals surface area (Å²) in [4.78, 5) is 7.09. The molecule has 0 N–H and O–H groups in total. The Morgan fingerprint density at radius 3 is 2.81 bits per heavy atom. The fourth-order valence-electron chi connectivity index (χ4n) is 3.02. The summed E-state index contributed by atoms with van der Waals surface area (Å²) in [6.07, 6.45) is 0.210. The Labute approximate surface area is 125 Å². The van der Waals surface area contributed by atoms with Crippen LogP contribution >= 0.6 is 0 Å². The van der Waals surface area contributed by atoms with Crippen molar-refractivity contribution in [1.82, 2.24) is 4.98 Å². The fraction of sp³-hybridized carbons (Fsp3) is 0.471. The summed E-state index contributed by atoms with van der Waals surface area (Å²) in [7, 11) is 1.68. The number of anilines is 1. The number of aromatic nitrogens is 1. The number of benzene rings is 1. The number of morpholine rings is 1. The van der Waals surface area contributed by atoms with Gasteiger partial charge < -0.3 is 14.4 Å². The normalized spacial score (nSPS) is 21.5. The van der Waals surface area contributed by atoms with Crippen LogP contribution in [0, 0.1) is 0 Å². The second-order valence-corrected chi connectivity index (χ2v) is 6.30. The molecule has 2 aromatic rings. The van der Waals surface area contributed by atoms with Gasteiger partial charge in [-0.1, -0.05) is 0 Å². The number of methoxy groups -OCH3 is 1. The minimum atomic E-state index is -0.145. The van der Waals surface area contributed by atoms with Gasteiger partial charge >= 0.3 is 0 Å². The van der Waals surface area contributed by atoms with E-state index in [1.807, 2.05) is 18.2 Å². The average Bonchev–Trinajstić information content (AvgIpc) is 2.44. The van der Waals surface area contributed by atoms with Gasteiger partial charge in [-0.2, -0.15) is 0 Å². The maximum atomic E-state index is 5.96. The van der Waals surface area contributed by atoms with Gasteiger partial charge in [0.2, 0.25) is 0 Å². The molecule has 1 atom stereocenters. The fourth-order valence-corrected chi connectivity index (χ4v) is 3.02. The van der Waals surface area contributed by atoms with Gasteiger partial charge in [0, 0.05) is 18.5 Å². The largest absolute Gasteiger partial charge is 0.497 e. The molecular formula is C17H22N2O2. The Morgan fingerprint density at radius 2 is 2.10 bits per heavy atom. The van der Waals surface area contributed by atoms with Crippen molar-refractivity contribution in [2.45, 2.75) is 32.5 Å². The van der Waals surface area contributed by atoms with Gasteiger partial charge in [-0.15, -0.1) is 0 Å². The molecule has 1 aromatic carbocycles. The number of rotatable bonds is 2. The van der Waals surface area contributed by atoms with E-state index in [1.54, 1.807) is 7.11 Å². The summed E-state index contributed by atoms with van der Waals surface area (Å²) >= 11 is 0. The molecule has 0 radical (unpaired) electrons. The average molecular weight is 286 g/mol. The number of nitrogens with zero attached hydrogens (tertiary/aromatic N) is 2. The van der Waals surface area contributed by atoms with Crippen molar-refractivity contribution >= 4 is 16.7 Å². The van der Waals surface area contributed by atoms with Crippen LogP contribution in [-0.2, 0) is 4.74 Å². The molecule has 3 rings (SSSR count). The molecule has 0 amide bonds. The third kappa shape index (κ3) is 2.95. The van der Waals surface area contributed by atoms with Crippen LogP contribution < -0.4 is 9.64 Å². The molecule has 0 bridgehead atoms. The number of fused-ring (bicyclic) bond motifs is 1. The third-order valence-electron chi connectivity index (χ3n) is 3.78. The number of ether oxygens (including phenoxy) is 2.